The lowest BCUT2D eigenvalue weighted by atomic mass is 10.2. The van der Waals surface area contributed by atoms with Crippen LogP contribution in [0, 0.1) is 0 Å². The molecule has 0 fully saturated rings. The predicted octanol–water partition coefficient (Wildman–Crippen LogP) is 2.75. The smallest absolute Gasteiger partial charge is 0.247 e. The van der Waals surface area contributed by atoms with Crippen LogP contribution >= 0.6 is 0 Å². The minimum atomic E-state index is -0.446. The Morgan fingerprint density at radius 1 is 1.08 bits per heavy atom. The highest BCUT2D eigenvalue weighted by Gasteiger charge is 2.13. The molecule has 3 aromatic rings. The highest BCUT2D eigenvalue weighted by Crippen LogP contribution is 2.15. The van der Waals surface area contributed by atoms with Gasteiger partial charge in [0.2, 0.25) is 17.7 Å². The summed E-state index contributed by atoms with van der Waals surface area (Å²) in [5, 5.41) is 0. The molecule has 2 aromatic carbocycles. The largest absolute Gasteiger partial charge is 0.437 e. The predicted molar refractivity (Wildman–Crippen MR) is 98.7 cm³/mol. The first-order valence-corrected chi connectivity index (χ1v) is 8.26. The number of rotatable bonds is 7. The maximum atomic E-state index is 12.6. The van der Waals surface area contributed by atoms with Crippen LogP contribution in [0.4, 0.5) is 0 Å². The van der Waals surface area contributed by atoms with Gasteiger partial charge in [0.15, 0.2) is 5.58 Å². The molecule has 0 aliphatic carbocycles. The Morgan fingerprint density at radius 3 is 2.54 bits per heavy atom. The molecule has 3 rings (SSSR count). The van der Waals surface area contributed by atoms with E-state index in [-0.39, 0.29) is 18.9 Å². The van der Waals surface area contributed by atoms with E-state index in [0.717, 1.165) is 11.1 Å². The highest BCUT2D eigenvalue weighted by molar-refractivity contribution is 5.91. The number of aromatic nitrogens is 1. The van der Waals surface area contributed by atoms with Gasteiger partial charge in [0.25, 0.3) is 0 Å². The summed E-state index contributed by atoms with van der Waals surface area (Å²) in [6, 6.07) is 17.0. The first-order valence-electron chi connectivity index (χ1n) is 8.26. The molecule has 1 heterocycles. The van der Waals surface area contributed by atoms with E-state index in [1.54, 1.807) is 4.90 Å². The molecule has 6 heteroatoms. The van der Waals surface area contributed by atoms with Crippen LogP contribution in [0.1, 0.15) is 17.9 Å². The molecule has 0 atom stereocenters. The monoisotopic (exact) mass is 349 g/mol. The minimum absolute atomic E-state index is 0.106. The second-order valence-corrected chi connectivity index (χ2v) is 5.81. The van der Waals surface area contributed by atoms with Gasteiger partial charge in [0.05, 0.1) is 0 Å². The van der Waals surface area contributed by atoms with E-state index >= 15 is 0 Å². The molecule has 0 radical (unpaired) electrons. The van der Waals surface area contributed by atoms with Gasteiger partial charge in [-0.15, -0.1) is 0 Å². The van der Waals surface area contributed by atoms with Crippen molar-refractivity contribution in [1.82, 2.24) is 9.88 Å². The molecule has 132 valence electrons. The van der Waals surface area contributed by atoms with Gasteiger partial charge >= 0.3 is 0 Å². The molecule has 26 heavy (non-hydrogen) atoms. The van der Waals surface area contributed by atoms with E-state index in [1.807, 2.05) is 54.6 Å². The van der Waals surface area contributed by atoms with Gasteiger partial charge in [-0.2, -0.15) is 0 Å². The number of benzene rings is 2. The van der Waals surface area contributed by atoms with Crippen LogP contribution in [0.3, 0.4) is 0 Å². The molecule has 0 saturated carbocycles. The van der Waals surface area contributed by atoms with Crippen molar-refractivity contribution in [3.8, 4) is 0 Å². The number of hydrogen-bond donors (Lipinski definition) is 1. The van der Waals surface area contributed by atoms with Crippen molar-refractivity contribution in [2.24, 2.45) is 5.73 Å². The summed E-state index contributed by atoms with van der Waals surface area (Å²) < 4.78 is 5.57. The summed E-state index contributed by atoms with van der Waals surface area (Å²) in [4.78, 5) is 29.5. The second kappa shape index (κ2) is 8.11. The topological polar surface area (TPSA) is 89.4 Å². The average molecular weight is 349 g/mol. The molecule has 0 spiro atoms. The Balaban J connectivity index is 1.73. The molecule has 2 N–H and O–H groups in total. The number of nitrogens with two attached hydrogens (primary N) is 1. The van der Waals surface area contributed by atoms with E-state index in [9.17, 15) is 9.59 Å². The number of nitrogens with zero attached hydrogens (tertiary/aromatic N) is 2. The van der Waals surface area contributed by atoms with E-state index in [2.05, 4.69) is 4.98 Å². The summed E-state index contributed by atoms with van der Waals surface area (Å²) in [6.45, 7) is 0.645. The number of oxazole rings is 1. The zero-order chi connectivity index (χ0) is 18.4. The third-order valence-corrected chi connectivity index (χ3v) is 3.83. The van der Waals surface area contributed by atoms with Crippen molar-refractivity contribution in [1.29, 1.82) is 0 Å². The first-order chi connectivity index (χ1) is 12.6. The fourth-order valence-corrected chi connectivity index (χ4v) is 2.53. The van der Waals surface area contributed by atoms with Crippen molar-refractivity contribution < 1.29 is 14.0 Å². The fraction of sp³-hybridized carbons (Fsp3) is 0.150. The Bertz CT molecular complexity index is 899. The maximum Gasteiger partial charge on any atom is 0.247 e. The minimum Gasteiger partial charge on any atom is -0.437 e. The molecule has 0 saturated heterocycles. The maximum absolute atomic E-state index is 12.6. The van der Waals surface area contributed by atoms with E-state index < -0.39 is 5.91 Å². The van der Waals surface area contributed by atoms with E-state index in [1.165, 1.54) is 12.2 Å². The summed E-state index contributed by atoms with van der Waals surface area (Å²) in [7, 11) is 0. The number of carbonyl (C=O) groups is 2. The summed E-state index contributed by atoms with van der Waals surface area (Å²) >= 11 is 0. The molecule has 1 aromatic heterocycles. The standard InChI is InChI=1S/C20H19N3O3/c21-18(24)12-13-23(14-15-6-2-1-3-7-15)20(25)11-10-19-22-16-8-4-5-9-17(16)26-19/h1-11H,12-14H2,(H2,21,24)/b11-10+. The second-order valence-electron chi connectivity index (χ2n) is 5.81. The SMILES string of the molecule is NC(=O)CCN(Cc1ccccc1)C(=O)/C=C/c1nc2ccccc2o1. The number of carbonyl (C=O) groups excluding carboxylic acids is 2. The molecule has 0 aliphatic heterocycles. The number of hydrogen-bond acceptors (Lipinski definition) is 4. The van der Waals surface area contributed by atoms with Gasteiger partial charge in [0, 0.05) is 31.7 Å². The van der Waals surface area contributed by atoms with E-state index in [4.69, 9.17) is 10.2 Å². The Hall–Kier alpha value is -3.41. The Labute approximate surface area is 150 Å². The van der Waals surface area contributed by atoms with Gasteiger partial charge in [-0.25, -0.2) is 4.98 Å². The number of primary amides is 1. The van der Waals surface area contributed by atoms with Crippen molar-refractivity contribution in [2.75, 3.05) is 6.54 Å². The number of fused-ring (bicyclic) bond motifs is 1. The zero-order valence-corrected chi connectivity index (χ0v) is 14.2. The van der Waals surface area contributed by atoms with Crippen molar-refractivity contribution >= 4 is 29.0 Å². The third kappa shape index (κ3) is 4.57. The van der Waals surface area contributed by atoms with Crippen LogP contribution in [-0.2, 0) is 16.1 Å². The lowest BCUT2D eigenvalue weighted by molar-refractivity contribution is -0.127. The van der Waals surface area contributed by atoms with Crippen LogP contribution < -0.4 is 5.73 Å². The van der Waals surface area contributed by atoms with Crippen LogP contribution in [0.2, 0.25) is 0 Å². The zero-order valence-electron chi connectivity index (χ0n) is 14.2. The lowest BCUT2D eigenvalue weighted by Crippen LogP contribution is -2.32. The van der Waals surface area contributed by atoms with Crippen LogP contribution in [0.15, 0.2) is 65.1 Å². The quantitative estimate of drug-likeness (QED) is 0.664. The van der Waals surface area contributed by atoms with Gasteiger partial charge < -0.3 is 15.1 Å². The summed E-state index contributed by atoms with van der Waals surface area (Å²) in [5.74, 6) is -0.328. The van der Waals surface area contributed by atoms with Crippen molar-refractivity contribution in [2.45, 2.75) is 13.0 Å². The molecule has 6 nitrogen and oxygen atoms in total. The molecule has 0 unspecified atom stereocenters. The first kappa shape index (κ1) is 17.4. The van der Waals surface area contributed by atoms with Crippen LogP contribution in [0.25, 0.3) is 17.2 Å². The molecule has 0 aliphatic rings. The average Bonchev–Trinajstić information content (AvgIpc) is 3.07. The highest BCUT2D eigenvalue weighted by atomic mass is 16.3. The van der Waals surface area contributed by atoms with Crippen molar-refractivity contribution in [3.63, 3.8) is 0 Å². The van der Waals surface area contributed by atoms with Crippen LogP contribution in [0.5, 0.6) is 0 Å². The molecular formula is C20H19N3O3. The van der Waals surface area contributed by atoms with Gasteiger partial charge in [-0.3, -0.25) is 9.59 Å². The molecule has 0 bridgehead atoms. The van der Waals surface area contributed by atoms with Gasteiger partial charge in [-0.05, 0) is 17.7 Å². The fourth-order valence-electron chi connectivity index (χ4n) is 2.53. The number of amides is 2. The molecule has 2 amide bonds. The normalized spacial score (nSPS) is 11.1. The Morgan fingerprint density at radius 2 is 1.81 bits per heavy atom. The van der Waals surface area contributed by atoms with E-state index in [0.29, 0.717) is 18.0 Å². The summed E-state index contributed by atoms with van der Waals surface area (Å²) in [6.07, 6.45) is 3.04. The van der Waals surface area contributed by atoms with Gasteiger partial charge in [-0.1, -0.05) is 42.5 Å². The lowest BCUT2D eigenvalue weighted by Gasteiger charge is -2.20. The van der Waals surface area contributed by atoms with Crippen LogP contribution in [-0.4, -0.2) is 28.2 Å². The molecular weight excluding hydrogens is 330 g/mol. The summed E-state index contributed by atoms with van der Waals surface area (Å²) in [5.41, 5.74) is 7.59. The third-order valence-electron chi connectivity index (χ3n) is 3.83. The van der Waals surface area contributed by atoms with Gasteiger partial charge in [0.1, 0.15) is 5.52 Å². The number of para-hydroxylation sites is 2. The van der Waals surface area contributed by atoms with Crippen molar-refractivity contribution in [3.05, 3.63) is 72.1 Å². The Kier molecular flexibility index (Phi) is 5.43.